The summed E-state index contributed by atoms with van der Waals surface area (Å²) in [4.78, 5) is 26.6. The lowest BCUT2D eigenvalue weighted by Crippen LogP contribution is -2.46. The molecule has 0 aromatic heterocycles. The van der Waals surface area contributed by atoms with Crippen molar-refractivity contribution in [2.75, 3.05) is 17.3 Å². The molecule has 2 rings (SSSR count). The van der Waals surface area contributed by atoms with Crippen LogP contribution in [-0.2, 0) is 11.0 Å². The molecule has 1 aromatic rings. The largest absolute Gasteiger partial charge is 0.417 e. The molecule has 0 N–H and O–H groups in total. The van der Waals surface area contributed by atoms with Crippen LogP contribution in [0.15, 0.2) is 18.2 Å². The Labute approximate surface area is 138 Å². The summed E-state index contributed by atoms with van der Waals surface area (Å²) in [7, 11) is 1.40. The first-order chi connectivity index (χ1) is 10.6. The zero-order valence-electron chi connectivity index (χ0n) is 12.1. The quantitative estimate of drug-likeness (QED) is 0.576. The van der Waals surface area contributed by atoms with E-state index in [4.69, 9.17) is 5.26 Å². The van der Waals surface area contributed by atoms with Gasteiger partial charge in [0.1, 0.15) is 5.54 Å². The van der Waals surface area contributed by atoms with E-state index in [0.717, 1.165) is 17.0 Å². The number of imide groups is 1. The topological polar surface area (TPSA) is 64.4 Å². The molecule has 0 unspecified atom stereocenters. The highest BCUT2D eigenvalue weighted by molar-refractivity contribution is 9.09. The van der Waals surface area contributed by atoms with Gasteiger partial charge in [0.25, 0.3) is 5.91 Å². The lowest BCUT2D eigenvalue weighted by atomic mass is 10.0. The van der Waals surface area contributed by atoms with Crippen molar-refractivity contribution < 1.29 is 22.8 Å². The van der Waals surface area contributed by atoms with E-state index in [-0.39, 0.29) is 11.0 Å². The average molecular weight is 390 g/mol. The Bertz CT molecular complexity index is 729. The Morgan fingerprint density at radius 1 is 1.35 bits per heavy atom. The summed E-state index contributed by atoms with van der Waals surface area (Å²) in [5.41, 5.74) is -3.17. The van der Waals surface area contributed by atoms with Gasteiger partial charge < -0.3 is 4.90 Å². The number of anilines is 1. The zero-order valence-corrected chi connectivity index (χ0v) is 13.7. The van der Waals surface area contributed by atoms with Crippen LogP contribution in [0.2, 0.25) is 0 Å². The van der Waals surface area contributed by atoms with Gasteiger partial charge >= 0.3 is 12.2 Å². The van der Waals surface area contributed by atoms with Crippen LogP contribution in [-0.4, -0.2) is 34.8 Å². The van der Waals surface area contributed by atoms with Gasteiger partial charge in [-0.15, -0.1) is 0 Å². The fourth-order valence-electron chi connectivity index (χ4n) is 2.21. The van der Waals surface area contributed by atoms with Crippen molar-refractivity contribution in [3.63, 3.8) is 0 Å². The molecule has 0 saturated carbocycles. The van der Waals surface area contributed by atoms with Crippen LogP contribution in [0, 0.1) is 11.3 Å². The van der Waals surface area contributed by atoms with Crippen molar-refractivity contribution in [3.8, 4) is 6.07 Å². The molecule has 3 amide bonds. The molecule has 23 heavy (non-hydrogen) atoms. The number of urea groups is 1. The Morgan fingerprint density at radius 3 is 2.39 bits per heavy atom. The zero-order chi connectivity index (χ0) is 17.6. The number of nitrogens with zero attached hydrogens (tertiary/aromatic N) is 3. The maximum absolute atomic E-state index is 13.0. The normalized spacial score (nSPS) is 21.8. The predicted molar refractivity (Wildman–Crippen MR) is 79.0 cm³/mol. The van der Waals surface area contributed by atoms with Gasteiger partial charge in [0.05, 0.1) is 22.9 Å². The van der Waals surface area contributed by atoms with E-state index in [9.17, 15) is 22.8 Å². The number of rotatable bonds is 2. The summed E-state index contributed by atoms with van der Waals surface area (Å²) >= 11 is 3.15. The van der Waals surface area contributed by atoms with Gasteiger partial charge in [0.2, 0.25) is 0 Å². The molecular formula is C14H11BrF3N3O2. The van der Waals surface area contributed by atoms with Crippen LogP contribution in [0.3, 0.4) is 0 Å². The number of halogens is 4. The van der Waals surface area contributed by atoms with Crippen LogP contribution >= 0.6 is 15.9 Å². The van der Waals surface area contributed by atoms with Gasteiger partial charge in [0.15, 0.2) is 0 Å². The van der Waals surface area contributed by atoms with Crippen LogP contribution in [0.1, 0.15) is 18.1 Å². The van der Waals surface area contributed by atoms with E-state index < -0.39 is 34.8 Å². The lowest BCUT2D eigenvalue weighted by molar-refractivity contribution is -0.137. The SMILES string of the molecule is CN1C(=O)N(c2ccc(C#N)c(C(F)(F)F)c2)C(=O)[C@@]1(C)CBr. The Hall–Kier alpha value is -2.08. The van der Waals surface area contributed by atoms with Crippen LogP contribution < -0.4 is 4.90 Å². The summed E-state index contributed by atoms with van der Waals surface area (Å²) in [5, 5.41) is 8.93. The first kappa shape index (κ1) is 17.3. The third-order valence-corrected chi connectivity index (χ3v) is 4.92. The highest BCUT2D eigenvalue weighted by Crippen LogP contribution is 2.37. The first-order valence-electron chi connectivity index (χ1n) is 6.37. The summed E-state index contributed by atoms with van der Waals surface area (Å²) in [6.45, 7) is 1.51. The number of carbonyl (C=O) groups excluding carboxylic acids is 2. The summed E-state index contributed by atoms with van der Waals surface area (Å²) in [6.07, 6.45) is -4.77. The molecule has 1 fully saturated rings. The van der Waals surface area contributed by atoms with Gasteiger partial charge in [-0.05, 0) is 25.1 Å². The highest BCUT2D eigenvalue weighted by atomic mass is 79.9. The van der Waals surface area contributed by atoms with E-state index in [0.29, 0.717) is 11.0 Å². The van der Waals surface area contributed by atoms with Crippen LogP contribution in [0.25, 0.3) is 0 Å². The third-order valence-electron chi connectivity index (χ3n) is 3.83. The van der Waals surface area contributed by atoms with Crippen molar-refractivity contribution in [1.29, 1.82) is 5.26 Å². The van der Waals surface area contributed by atoms with Gasteiger partial charge in [-0.25, -0.2) is 9.69 Å². The summed E-state index contributed by atoms with van der Waals surface area (Å²) in [5.74, 6) is -0.639. The standard InChI is InChI=1S/C14H11BrF3N3O2/c1-13(7-15)11(22)21(12(23)20(13)2)9-4-3-8(6-19)10(5-9)14(16,17)18/h3-5H,7H2,1-2H3/t13-/m1/s1. The molecule has 0 aliphatic carbocycles. The van der Waals surface area contributed by atoms with E-state index in [2.05, 4.69) is 15.9 Å². The molecule has 1 heterocycles. The van der Waals surface area contributed by atoms with Crippen molar-refractivity contribution in [3.05, 3.63) is 29.3 Å². The Morgan fingerprint density at radius 2 is 1.96 bits per heavy atom. The number of benzene rings is 1. The Balaban J connectivity index is 2.58. The monoisotopic (exact) mass is 389 g/mol. The number of alkyl halides is 4. The fourth-order valence-corrected chi connectivity index (χ4v) is 2.83. The predicted octanol–water partition coefficient (Wildman–Crippen LogP) is 3.13. The second-order valence-electron chi connectivity index (χ2n) is 5.23. The summed E-state index contributed by atoms with van der Waals surface area (Å²) < 4.78 is 39.1. The Kier molecular flexibility index (Phi) is 4.15. The molecule has 9 heteroatoms. The minimum absolute atomic E-state index is 0.139. The minimum atomic E-state index is -4.77. The average Bonchev–Trinajstić information content (AvgIpc) is 2.67. The van der Waals surface area contributed by atoms with Gasteiger partial charge in [0, 0.05) is 12.4 Å². The third kappa shape index (κ3) is 2.57. The van der Waals surface area contributed by atoms with Gasteiger partial charge in [-0.2, -0.15) is 18.4 Å². The second kappa shape index (κ2) is 5.53. The number of carbonyl (C=O) groups is 2. The molecule has 122 valence electrons. The second-order valence-corrected chi connectivity index (χ2v) is 5.79. The maximum atomic E-state index is 13.0. The first-order valence-corrected chi connectivity index (χ1v) is 7.49. The number of hydrogen-bond acceptors (Lipinski definition) is 3. The van der Waals surface area contributed by atoms with E-state index >= 15 is 0 Å². The molecule has 0 spiro atoms. The fraction of sp³-hybridized carbons (Fsp3) is 0.357. The van der Waals surface area contributed by atoms with E-state index in [1.165, 1.54) is 20.0 Å². The molecule has 5 nitrogen and oxygen atoms in total. The molecule has 0 radical (unpaired) electrons. The lowest BCUT2D eigenvalue weighted by Gasteiger charge is -2.25. The number of likely N-dealkylation sites (N-methyl/N-ethyl adjacent to an activating group) is 1. The van der Waals surface area contributed by atoms with Crippen molar-refractivity contribution >= 4 is 33.6 Å². The van der Waals surface area contributed by atoms with Crippen molar-refractivity contribution in [2.45, 2.75) is 18.6 Å². The van der Waals surface area contributed by atoms with Crippen molar-refractivity contribution in [1.82, 2.24) is 4.90 Å². The van der Waals surface area contributed by atoms with E-state index in [1.54, 1.807) is 0 Å². The van der Waals surface area contributed by atoms with Crippen molar-refractivity contribution in [2.24, 2.45) is 0 Å². The van der Waals surface area contributed by atoms with E-state index in [1.807, 2.05) is 0 Å². The van der Waals surface area contributed by atoms with Gasteiger partial charge in [-0.3, -0.25) is 4.79 Å². The molecule has 1 saturated heterocycles. The van der Waals surface area contributed by atoms with Crippen LogP contribution in [0.4, 0.5) is 23.7 Å². The maximum Gasteiger partial charge on any atom is 0.417 e. The van der Waals surface area contributed by atoms with Crippen LogP contribution in [0.5, 0.6) is 0 Å². The number of nitriles is 1. The summed E-state index contributed by atoms with van der Waals surface area (Å²) in [6, 6.07) is 3.46. The number of hydrogen-bond donors (Lipinski definition) is 0. The molecule has 1 aliphatic heterocycles. The minimum Gasteiger partial charge on any atom is -0.312 e. The molecule has 0 bridgehead atoms. The highest BCUT2D eigenvalue weighted by Gasteiger charge is 2.52. The molecule has 1 atom stereocenters. The smallest absolute Gasteiger partial charge is 0.312 e. The molecule has 1 aromatic carbocycles. The molecular weight excluding hydrogens is 379 g/mol. The van der Waals surface area contributed by atoms with Gasteiger partial charge in [-0.1, -0.05) is 15.9 Å². The number of amides is 3. The molecule has 1 aliphatic rings.